The predicted molar refractivity (Wildman–Crippen MR) is 72.7 cm³/mol. The second-order valence-corrected chi connectivity index (χ2v) is 4.08. The predicted octanol–water partition coefficient (Wildman–Crippen LogP) is 1.68. The number of rotatable bonds is 5. The summed E-state index contributed by atoms with van der Waals surface area (Å²) in [5.74, 6) is 1.32. The number of hydrogen-bond donors (Lipinski definition) is 0. The van der Waals surface area contributed by atoms with Gasteiger partial charge in [0, 0.05) is 12.6 Å². The summed E-state index contributed by atoms with van der Waals surface area (Å²) >= 11 is 0. The minimum Gasteiger partial charge on any atom is -0.493 e. The van der Waals surface area contributed by atoms with Crippen LogP contribution in [-0.2, 0) is 7.05 Å². The van der Waals surface area contributed by atoms with E-state index in [1.54, 1.807) is 32.4 Å². The topological polar surface area (TPSA) is 62.6 Å². The molecular formula is C14H16N2O4. The molecule has 0 radical (unpaired) electrons. The fraction of sp³-hybridized carbons (Fsp3) is 0.286. The van der Waals surface area contributed by atoms with Gasteiger partial charge in [0.25, 0.3) is 0 Å². The van der Waals surface area contributed by atoms with E-state index in [-0.39, 0.29) is 5.78 Å². The van der Waals surface area contributed by atoms with Crippen molar-refractivity contribution < 1.29 is 19.0 Å². The zero-order valence-corrected chi connectivity index (χ0v) is 11.8. The summed E-state index contributed by atoms with van der Waals surface area (Å²) in [6.45, 7) is 0. The summed E-state index contributed by atoms with van der Waals surface area (Å²) in [7, 11) is 6.26. The van der Waals surface area contributed by atoms with Crippen molar-refractivity contribution in [1.29, 1.82) is 0 Å². The van der Waals surface area contributed by atoms with Crippen molar-refractivity contribution in [2.45, 2.75) is 0 Å². The first-order chi connectivity index (χ1) is 9.62. The molecule has 6 nitrogen and oxygen atoms in total. The molecule has 2 rings (SSSR count). The number of aryl methyl sites for hydroxylation is 1. The van der Waals surface area contributed by atoms with Crippen LogP contribution in [0.25, 0.3) is 0 Å². The molecule has 0 aliphatic rings. The lowest BCUT2D eigenvalue weighted by Gasteiger charge is -2.09. The molecular weight excluding hydrogens is 260 g/mol. The smallest absolute Gasteiger partial charge is 0.214 e. The van der Waals surface area contributed by atoms with E-state index in [0.29, 0.717) is 28.5 Å². The van der Waals surface area contributed by atoms with Gasteiger partial charge in [-0.3, -0.25) is 9.48 Å². The summed E-state index contributed by atoms with van der Waals surface area (Å²) in [6.07, 6.45) is 1.51. The number of carbonyl (C=O) groups is 1. The number of nitrogens with zero attached hydrogens (tertiary/aromatic N) is 2. The molecule has 1 heterocycles. The Morgan fingerprint density at radius 1 is 1.05 bits per heavy atom. The fourth-order valence-corrected chi connectivity index (χ4v) is 1.94. The van der Waals surface area contributed by atoms with Crippen LogP contribution in [0.15, 0.2) is 24.4 Å². The molecule has 0 spiro atoms. The van der Waals surface area contributed by atoms with Crippen LogP contribution in [0.2, 0.25) is 0 Å². The number of methoxy groups -OCH3 is 3. The third-order valence-corrected chi connectivity index (χ3v) is 2.99. The summed E-state index contributed by atoms with van der Waals surface area (Å²) in [5, 5.41) is 4.03. The molecule has 1 aromatic heterocycles. The highest BCUT2D eigenvalue weighted by molar-refractivity contribution is 6.09. The van der Waals surface area contributed by atoms with Gasteiger partial charge in [-0.15, -0.1) is 0 Å². The number of ketones is 1. The van der Waals surface area contributed by atoms with Crippen LogP contribution >= 0.6 is 0 Å². The number of benzene rings is 1. The quantitative estimate of drug-likeness (QED) is 0.777. The van der Waals surface area contributed by atoms with Gasteiger partial charge in [0.05, 0.1) is 27.5 Å². The average molecular weight is 276 g/mol. The third kappa shape index (κ3) is 2.32. The maximum Gasteiger partial charge on any atom is 0.214 e. The Bertz CT molecular complexity index is 634. The molecule has 20 heavy (non-hydrogen) atoms. The number of hydrogen-bond acceptors (Lipinski definition) is 5. The van der Waals surface area contributed by atoms with Gasteiger partial charge >= 0.3 is 0 Å². The molecule has 0 amide bonds. The Hall–Kier alpha value is -2.50. The first kappa shape index (κ1) is 13.9. The lowest BCUT2D eigenvalue weighted by Crippen LogP contribution is -2.10. The molecule has 0 saturated heterocycles. The monoisotopic (exact) mass is 276 g/mol. The van der Waals surface area contributed by atoms with Crippen LogP contribution in [0, 0.1) is 0 Å². The SMILES string of the molecule is COc1ccc(C(=O)c2c(OC)cnn2C)cc1OC. The molecule has 0 N–H and O–H groups in total. The van der Waals surface area contributed by atoms with Gasteiger partial charge in [0.2, 0.25) is 5.78 Å². The van der Waals surface area contributed by atoms with Crippen LogP contribution in [0.3, 0.4) is 0 Å². The maximum absolute atomic E-state index is 12.5. The highest BCUT2D eigenvalue weighted by Crippen LogP contribution is 2.29. The molecule has 0 aliphatic carbocycles. The molecule has 0 aliphatic heterocycles. The third-order valence-electron chi connectivity index (χ3n) is 2.99. The van der Waals surface area contributed by atoms with Gasteiger partial charge in [-0.2, -0.15) is 5.10 Å². The zero-order valence-electron chi connectivity index (χ0n) is 11.8. The first-order valence-corrected chi connectivity index (χ1v) is 5.95. The highest BCUT2D eigenvalue weighted by Gasteiger charge is 2.20. The summed E-state index contributed by atoms with van der Waals surface area (Å²) in [5.41, 5.74) is 0.865. The van der Waals surface area contributed by atoms with Crippen molar-refractivity contribution >= 4 is 5.78 Å². The van der Waals surface area contributed by atoms with Crippen LogP contribution in [0.5, 0.6) is 17.2 Å². The minimum absolute atomic E-state index is 0.192. The summed E-state index contributed by atoms with van der Waals surface area (Å²) < 4.78 is 17.0. The van der Waals surface area contributed by atoms with E-state index >= 15 is 0 Å². The second-order valence-electron chi connectivity index (χ2n) is 4.08. The Balaban J connectivity index is 2.45. The van der Waals surface area contributed by atoms with Crippen molar-refractivity contribution in [3.63, 3.8) is 0 Å². The Kier molecular flexibility index (Phi) is 3.93. The van der Waals surface area contributed by atoms with Crippen molar-refractivity contribution in [2.75, 3.05) is 21.3 Å². The summed E-state index contributed by atoms with van der Waals surface area (Å²) in [6, 6.07) is 5.00. The second kappa shape index (κ2) is 5.64. The van der Waals surface area contributed by atoms with Gasteiger partial charge in [0.1, 0.15) is 0 Å². The van der Waals surface area contributed by atoms with Crippen LogP contribution in [0.4, 0.5) is 0 Å². The minimum atomic E-state index is -0.192. The first-order valence-electron chi connectivity index (χ1n) is 5.95. The van der Waals surface area contributed by atoms with Gasteiger partial charge in [-0.05, 0) is 18.2 Å². The van der Waals surface area contributed by atoms with Gasteiger partial charge < -0.3 is 14.2 Å². The molecule has 1 aromatic carbocycles. The van der Waals surface area contributed by atoms with E-state index in [4.69, 9.17) is 14.2 Å². The molecule has 106 valence electrons. The molecule has 6 heteroatoms. The molecule has 0 bridgehead atoms. The van der Waals surface area contributed by atoms with Crippen molar-refractivity contribution in [1.82, 2.24) is 9.78 Å². The Labute approximate surface area is 116 Å². The normalized spacial score (nSPS) is 10.2. The lowest BCUT2D eigenvalue weighted by atomic mass is 10.1. The van der Waals surface area contributed by atoms with E-state index in [1.807, 2.05) is 0 Å². The van der Waals surface area contributed by atoms with Gasteiger partial charge in [-0.1, -0.05) is 0 Å². The van der Waals surface area contributed by atoms with Gasteiger partial charge in [0.15, 0.2) is 22.9 Å². The standard InChI is InChI=1S/C14H16N2O4/c1-16-13(12(20-4)8-15-16)14(17)9-5-6-10(18-2)11(7-9)19-3/h5-8H,1-4H3. The van der Waals surface area contributed by atoms with Crippen LogP contribution in [-0.4, -0.2) is 36.9 Å². The zero-order chi connectivity index (χ0) is 14.7. The average Bonchev–Trinajstić information content (AvgIpc) is 2.86. The lowest BCUT2D eigenvalue weighted by molar-refractivity contribution is 0.102. The highest BCUT2D eigenvalue weighted by atomic mass is 16.5. The van der Waals surface area contributed by atoms with Crippen LogP contribution < -0.4 is 14.2 Å². The molecule has 0 saturated carbocycles. The van der Waals surface area contributed by atoms with E-state index < -0.39 is 0 Å². The molecule has 2 aromatic rings. The van der Waals surface area contributed by atoms with Crippen molar-refractivity contribution in [3.05, 3.63) is 35.7 Å². The summed E-state index contributed by atoms with van der Waals surface area (Å²) in [4.78, 5) is 12.5. The number of carbonyl (C=O) groups excluding carboxylic acids is 1. The van der Waals surface area contributed by atoms with Crippen molar-refractivity contribution in [3.8, 4) is 17.2 Å². The number of ether oxygens (including phenoxy) is 3. The fourth-order valence-electron chi connectivity index (χ4n) is 1.94. The molecule has 0 unspecified atom stereocenters. The van der Waals surface area contributed by atoms with E-state index in [2.05, 4.69) is 5.10 Å². The van der Waals surface area contributed by atoms with E-state index in [0.717, 1.165) is 0 Å². The maximum atomic E-state index is 12.5. The van der Waals surface area contributed by atoms with E-state index in [9.17, 15) is 4.79 Å². The Morgan fingerprint density at radius 3 is 2.30 bits per heavy atom. The van der Waals surface area contributed by atoms with Crippen molar-refractivity contribution in [2.24, 2.45) is 7.05 Å². The van der Waals surface area contributed by atoms with Crippen LogP contribution in [0.1, 0.15) is 16.1 Å². The largest absolute Gasteiger partial charge is 0.493 e. The molecule has 0 atom stereocenters. The Morgan fingerprint density at radius 2 is 1.70 bits per heavy atom. The molecule has 0 fully saturated rings. The number of aromatic nitrogens is 2. The van der Waals surface area contributed by atoms with Gasteiger partial charge in [-0.25, -0.2) is 0 Å². The van der Waals surface area contributed by atoms with E-state index in [1.165, 1.54) is 25.1 Å².